The minimum atomic E-state index is -2.92. The monoisotopic (exact) mass is 293 g/mol. The molecule has 0 amide bonds. The lowest BCUT2D eigenvalue weighted by Gasteiger charge is -2.19. The first-order chi connectivity index (χ1) is 8.68. The summed E-state index contributed by atoms with van der Waals surface area (Å²) in [7, 11) is -2.92. The molecule has 1 saturated heterocycles. The number of esters is 1. The molecule has 1 aliphatic rings. The van der Waals surface area contributed by atoms with Crippen LogP contribution in [0.2, 0.25) is 0 Å². The fraction of sp³-hybridized carbons (Fsp3) is 0.917. The second-order valence-corrected chi connectivity index (χ2v) is 7.89. The van der Waals surface area contributed by atoms with E-state index < -0.39 is 9.84 Å². The zero-order valence-electron chi connectivity index (χ0n) is 11.8. The van der Waals surface area contributed by atoms with Crippen LogP contribution in [0.15, 0.2) is 0 Å². The van der Waals surface area contributed by atoms with Crippen LogP contribution in [0.4, 0.5) is 0 Å². The molecule has 1 heterocycles. The smallest absolute Gasteiger partial charge is 0.320 e. The number of sulfone groups is 1. The van der Waals surface area contributed by atoms with Crippen molar-refractivity contribution in [3.05, 3.63) is 0 Å². The highest BCUT2D eigenvalue weighted by molar-refractivity contribution is 7.91. The van der Waals surface area contributed by atoms with Gasteiger partial charge in [-0.3, -0.25) is 4.79 Å². The first-order valence-electron chi connectivity index (χ1n) is 6.41. The molecule has 0 aromatic heterocycles. The molecular formula is C12H23NO5S. The van der Waals surface area contributed by atoms with E-state index >= 15 is 0 Å². The summed E-state index contributed by atoms with van der Waals surface area (Å²) < 4.78 is 32.8. The van der Waals surface area contributed by atoms with Crippen LogP contribution in [0.3, 0.4) is 0 Å². The van der Waals surface area contributed by atoms with E-state index in [0.717, 1.165) is 0 Å². The Bertz CT molecular complexity index is 399. The molecular weight excluding hydrogens is 270 g/mol. The van der Waals surface area contributed by atoms with Gasteiger partial charge in [0.1, 0.15) is 6.61 Å². The molecule has 0 aliphatic carbocycles. The van der Waals surface area contributed by atoms with Crippen LogP contribution in [-0.2, 0) is 24.1 Å². The summed E-state index contributed by atoms with van der Waals surface area (Å²) in [5, 5.41) is 2.90. The maximum atomic E-state index is 11.4. The van der Waals surface area contributed by atoms with Gasteiger partial charge in [-0.2, -0.15) is 0 Å². The summed E-state index contributed by atoms with van der Waals surface area (Å²) >= 11 is 0. The first kappa shape index (κ1) is 16.4. The molecule has 6 nitrogen and oxygen atoms in total. The van der Waals surface area contributed by atoms with Crippen LogP contribution < -0.4 is 5.32 Å². The highest BCUT2D eigenvalue weighted by Crippen LogP contribution is 2.10. The highest BCUT2D eigenvalue weighted by Gasteiger charge is 2.27. The van der Waals surface area contributed by atoms with Crippen LogP contribution in [-0.4, -0.2) is 57.3 Å². The molecule has 0 aromatic rings. The van der Waals surface area contributed by atoms with Gasteiger partial charge in [0.05, 0.1) is 30.3 Å². The maximum Gasteiger partial charge on any atom is 0.320 e. The molecule has 1 rings (SSSR count). The predicted molar refractivity (Wildman–Crippen MR) is 71.7 cm³/mol. The Labute approximate surface area is 114 Å². The molecule has 1 N–H and O–H groups in total. The van der Waals surface area contributed by atoms with Crippen molar-refractivity contribution in [2.45, 2.75) is 38.8 Å². The van der Waals surface area contributed by atoms with E-state index in [0.29, 0.717) is 13.0 Å². The Morgan fingerprint density at radius 1 is 1.32 bits per heavy atom. The minimum Gasteiger partial charge on any atom is -0.462 e. The number of rotatable bonds is 6. The van der Waals surface area contributed by atoms with Gasteiger partial charge in [0.25, 0.3) is 0 Å². The zero-order valence-corrected chi connectivity index (χ0v) is 12.6. The standard InChI is InChI=1S/C12H23NO5S/c1-12(2,3)18-6-5-17-11(14)8-13-10-4-7-19(15,16)9-10/h10,13H,4-9H2,1-3H3. The Kier molecular flexibility index (Phi) is 5.76. The number of hydrogen-bond donors (Lipinski definition) is 1. The summed E-state index contributed by atoms with van der Waals surface area (Å²) in [5.74, 6) is -0.0890. The molecule has 1 unspecified atom stereocenters. The van der Waals surface area contributed by atoms with Gasteiger partial charge in [-0.15, -0.1) is 0 Å². The lowest BCUT2D eigenvalue weighted by atomic mass is 10.2. The van der Waals surface area contributed by atoms with E-state index in [4.69, 9.17) is 9.47 Å². The zero-order chi connectivity index (χ0) is 14.5. The molecule has 112 valence electrons. The average Bonchev–Trinajstić information content (AvgIpc) is 2.60. The summed E-state index contributed by atoms with van der Waals surface area (Å²) in [5.41, 5.74) is -0.247. The van der Waals surface area contributed by atoms with Crippen molar-refractivity contribution in [1.82, 2.24) is 5.32 Å². The van der Waals surface area contributed by atoms with Crippen molar-refractivity contribution in [1.29, 1.82) is 0 Å². The predicted octanol–water partition coefficient (Wildman–Crippen LogP) is 0.121. The molecule has 1 aliphatic heterocycles. The average molecular weight is 293 g/mol. The number of ether oxygens (including phenoxy) is 2. The molecule has 0 radical (unpaired) electrons. The van der Waals surface area contributed by atoms with Crippen LogP contribution in [0.5, 0.6) is 0 Å². The van der Waals surface area contributed by atoms with Crippen molar-refractivity contribution in [3.63, 3.8) is 0 Å². The number of carbonyl (C=O) groups is 1. The molecule has 0 spiro atoms. The number of carbonyl (C=O) groups excluding carboxylic acids is 1. The van der Waals surface area contributed by atoms with E-state index in [2.05, 4.69) is 5.32 Å². The third-order valence-corrected chi connectivity index (χ3v) is 4.42. The number of hydrogen-bond acceptors (Lipinski definition) is 6. The van der Waals surface area contributed by atoms with E-state index in [1.54, 1.807) is 0 Å². The van der Waals surface area contributed by atoms with Gasteiger partial charge in [-0.1, -0.05) is 0 Å². The molecule has 0 saturated carbocycles. The lowest BCUT2D eigenvalue weighted by Crippen LogP contribution is -2.35. The van der Waals surface area contributed by atoms with Crippen LogP contribution in [0, 0.1) is 0 Å². The largest absolute Gasteiger partial charge is 0.462 e. The second kappa shape index (κ2) is 6.67. The van der Waals surface area contributed by atoms with Crippen molar-refractivity contribution in [3.8, 4) is 0 Å². The molecule has 7 heteroatoms. The van der Waals surface area contributed by atoms with E-state index in [9.17, 15) is 13.2 Å². The molecule has 0 bridgehead atoms. The maximum absolute atomic E-state index is 11.4. The van der Waals surface area contributed by atoms with Crippen molar-refractivity contribution >= 4 is 15.8 Å². The third kappa shape index (κ3) is 7.49. The minimum absolute atomic E-state index is 0.0374. The van der Waals surface area contributed by atoms with Crippen LogP contribution >= 0.6 is 0 Å². The molecule has 0 aromatic carbocycles. The van der Waals surface area contributed by atoms with Crippen molar-refractivity contribution in [2.75, 3.05) is 31.3 Å². The lowest BCUT2D eigenvalue weighted by molar-refractivity contribution is -0.145. The van der Waals surface area contributed by atoms with E-state index in [1.807, 2.05) is 20.8 Å². The van der Waals surface area contributed by atoms with Gasteiger partial charge in [-0.05, 0) is 27.2 Å². The SMILES string of the molecule is CC(C)(C)OCCOC(=O)CNC1CCS(=O)(=O)C1. The van der Waals surface area contributed by atoms with Crippen molar-refractivity contribution in [2.24, 2.45) is 0 Å². The normalized spacial score (nSPS) is 22.4. The van der Waals surface area contributed by atoms with Gasteiger partial charge in [0.2, 0.25) is 0 Å². The Morgan fingerprint density at radius 3 is 2.53 bits per heavy atom. The quantitative estimate of drug-likeness (QED) is 0.553. The summed E-state index contributed by atoms with van der Waals surface area (Å²) in [4.78, 5) is 11.4. The summed E-state index contributed by atoms with van der Waals surface area (Å²) in [6, 6.07) is -0.136. The number of nitrogens with one attached hydrogen (secondary N) is 1. The van der Waals surface area contributed by atoms with Gasteiger partial charge in [0.15, 0.2) is 9.84 Å². The van der Waals surface area contributed by atoms with Gasteiger partial charge in [0, 0.05) is 6.04 Å². The molecule has 1 atom stereocenters. The van der Waals surface area contributed by atoms with Crippen molar-refractivity contribution < 1.29 is 22.7 Å². The Balaban J connectivity index is 2.09. The third-order valence-electron chi connectivity index (χ3n) is 2.65. The first-order valence-corrected chi connectivity index (χ1v) is 8.23. The van der Waals surface area contributed by atoms with E-state index in [-0.39, 0.29) is 42.3 Å². The topological polar surface area (TPSA) is 81.7 Å². The molecule has 19 heavy (non-hydrogen) atoms. The highest BCUT2D eigenvalue weighted by atomic mass is 32.2. The Hall–Kier alpha value is -0.660. The van der Waals surface area contributed by atoms with Crippen LogP contribution in [0.1, 0.15) is 27.2 Å². The second-order valence-electron chi connectivity index (χ2n) is 5.66. The van der Waals surface area contributed by atoms with Gasteiger partial charge in [-0.25, -0.2) is 8.42 Å². The van der Waals surface area contributed by atoms with Crippen LogP contribution in [0.25, 0.3) is 0 Å². The molecule has 1 fully saturated rings. The summed E-state index contributed by atoms with van der Waals surface area (Å²) in [6.07, 6.45) is 0.558. The summed E-state index contributed by atoms with van der Waals surface area (Å²) in [6.45, 7) is 6.38. The van der Waals surface area contributed by atoms with E-state index in [1.165, 1.54) is 0 Å². The fourth-order valence-electron chi connectivity index (χ4n) is 1.74. The fourth-order valence-corrected chi connectivity index (χ4v) is 3.45. The van der Waals surface area contributed by atoms with Gasteiger partial charge >= 0.3 is 5.97 Å². The van der Waals surface area contributed by atoms with Gasteiger partial charge < -0.3 is 14.8 Å². The Morgan fingerprint density at radius 2 is 2.00 bits per heavy atom.